The predicted octanol–water partition coefficient (Wildman–Crippen LogP) is 3.06. The van der Waals surface area contributed by atoms with Crippen LogP contribution in [0.25, 0.3) is 0 Å². The molecule has 0 saturated heterocycles. The van der Waals surface area contributed by atoms with Gasteiger partial charge in [0.05, 0.1) is 0 Å². The summed E-state index contributed by atoms with van der Waals surface area (Å²) in [6.07, 6.45) is 2.05. The standard InChI is InChI=1S/C11H23NO/c1-6-9-13-11(5,7-2)10(4)12-8-3/h6-9H2,1-5H3. The van der Waals surface area contributed by atoms with Crippen LogP contribution in [0, 0.1) is 0 Å². The van der Waals surface area contributed by atoms with Crippen molar-refractivity contribution in [1.29, 1.82) is 0 Å². The molecule has 0 saturated carbocycles. The van der Waals surface area contributed by atoms with Gasteiger partial charge in [0.1, 0.15) is 5.60 Å². The highest BCUT2D eigenvalue weighted by molar-refractivity contribution is 5.90. The van der Waals surface area contributed by atoms with Gasteiger partial charge in [-0.2, -0.15) is 0 Å². The molecule has 0 fully saturated rings. The lowest BCUT2D eigenvalue weighted by atomic mass is 9.97. The minimum Gasteiger partial charge on any atom is -0.369 e. The van der Waals surface area contributed by atoms with Crippen molar-refractivity contribution in [3.8, 4) is 0 Å². The number of ether oxygens (including phenoxy) is 1. The van der Waals surface area contributed by atoms with Gasteiger partial charge >= 0.3 is 0 Å². The first kappa shape index (κ1) is 12.6. The van der Waals surface area contributed by atoms with Crippen molar-refractivity contribution in [2.24, 2.45) is 4.99 Å². The summed E-state index contributed by atoms with van der Waals surface area (Å²) in [5.41, 5.74) is 0.970. The highest BCUT2D eigenvalue weighted by Gasteiger charge is 2.25. The van der Waals surface area contributed by atoms with Crippen LogP contribution >= 0.6 is 0 Å². The number of nitrogens with zero attached hydrogens (tertiary/aromatic N) is 1. The summed E-state index contributed by atoms with van der Waals surface area (Å²) in [5, 5.41) is 0. The summed E-state index contributed by atoms with van der Waals surface area (Å²) in [6.45, 7) is 12.2. The quantitative estimate of drug-likeness (QED) is 0.583. The molecule has 0 radical (unpaired) electrons. The minimum absolute atomic E-state index is 0.147. The van der Waals surface area contributed by atoms with Crippen LogP contribution in [0.1, 0.15) is 47.5 Å². The van der Waals surface area contributed by atoms with E-state index in [1.165, 1.54) is 0 Å². The molecule has 0 aliphatic heterocycles. The minimum atomic E-state index is -0.147. The monoisotopic (exact) mass is 185 g/mol. The van der Waals surface area contributed by atoms with Crippen LogP contribution in [-0.2, 0) is 4.74 Å². The lowest BCUT2D eigenvalue weighted by Gasteiger charge is -2.28. The third kappa shape index (κ3) is 3.90. The zero-order valence-corrected chi connectivity index (χ0v) is 9.68. The Morgan fingerprint density at radius 2 is 1.92 bits per heavy atom. The molecule has 0 spiro atoms. The summed E-state index contributed by atoms with van der Waals surface area (Å²) < 4.78 is 5.81. The number of hydrogen-bond acceptors (Lipinski definition) is 2. The van der Waals surface area contributed by atoms with Crippen LogP contribution in [0.2, 0.25) is 0 Å². The molecule has 0 aromatic heterocycles. The number of aliphatic imine (C=N–C) groups is 1. The summed E-state index contributed by atoms with van der Waals surface area (Å²) in [5.74, 6) is 0. The van der Waals surface area contributed by atoms with Crippen molar-refractivity contribution in [3.63, 3.8) is 0 Å². The van der Waals surface area contributed by atoms with Gasteiger partial charge in [-0.3, -0.25) is 4.99 Å². The van der Waals surface area contributed by atoms with Crippen molar-refractivity contribution in [2.45, 2.75) is 53.1 Å². The molecule has 2 heteroatoms. The van der Waals surface area contributed by atoms with Crippen molar-refractivity contribution in [2.75, 3.05) is 13.2 Å². The average Bonchev–Trinajstić information content (AvgIpc) is 2.14. The second-order valence-corrected chi connectivity index (χ2v) is 3.49. The van der Waals surface area contributed by atoms with Gasteiger partial charge in [-0.05, 0) is 33.6 Å². The first-order valence-electron chi connectivity index (χ1n) is 5.26. The molecule has 0 N–H and O–H groups in total. The van der Waals surface area contributed by atoms with Crippen molar-refractivity contribution >= 4 is 5.71 Å². The normalized spacial score (nSPS) is 17.2. The fourth-order valence-electron chi connectivity index (χ4n) is 1.19. The first-order chi connectivity index (χ1) is 6.10. The molecule has 0 bridgehead atoms. The molecule has 1 unspecified atom stereocenters. The fourth-order valence-corrected chi connectivity index (χ4v) is 1.19. The third-order valence-corrected chi connectivity index (χ3v) is 2.46. The predicted molar refractivity (Wildman–Crippen MR) is 58.6 cm³/mol. The second-order valence-electron chi connectivity index (χ2n) is 3.49. The maximum absolute atomic E-state index is 5.81. The molecule has 13 heavy (non-hydrogen) atoms. The summed E-state index contributed by atoms with van der Waals surface area (Å²) in [7, 11) is 0. The van der Waals surface area contributed by atoms with Crippen LogP contribution in [0.4, 0.5) is 0 Å². The van der Waals surface area contributed by atoms with Gasteiger partial charge in [-0.15, -0.1) is 0 Å². The molecule has 0 heterocycles. The van der Waals surface area contributed by atoms with E-state index in [-0.39, 0.29) is 5.60 Å². The molecule has 0 aromatic rings. The summed E-state index contributed by atoms with van der Waals surface area (Å²) >= 11 is 0. The zero-order valence-electron chi connectivity index (χ0n) is 9.68. The Hall–Kier alpha value is -0.370. The van der Waals surface area contributed by atoms with Crippen molar-refractivity contribution < 1.29 is 4.74 Å². The van der Waals surface area contributed by atoms with Crippen molar-refractivity contribution in [3.05, 3.63) is 0 Å². The number of rotatable bonds is 6. The van der Waals surface area contributed by atoms with E-state index < -0.39 is 0 Å². The van der Waals surface area contributed by atoms with Gasteiger partial charge in [0, 0.05) is 18.9 Å². The molecule has 2 nitrogen and oxygen atoms in total. The largest absolute Gasteiger partial charge is 0.369 e. The Labute approximate surface area is 82.4 Å². The van der Waals surface area contributed by atoms with E-state index in [0.29, 0.717) is 0 Å². The van der Waals surface area contributed by atoms with E-state index in [2.05, 4.69) is 39.6 Å². The SMILES string of the molecule is CCCOC(C)(CC)C(C)=NCC. The van der Waals surface area contributed by atoms with Crippen LogP contribution < -0.4 is 0 Å². The maximum Gasteiger partial charge on any atom is 0.102 e. The highest BCUT2D eigenvalue weighted by atomic mass is 16.5. The van der Waals surface area contributed by atoms with Crippen LogP contribution in [0.5, 0.6) is 0 Å². The molecule has 0 amide bonds. The van der Waals surface area contributed by atoms with Crippen molar-refractivity contribution in [1.82, 2.24) is 0 Å². The second kappa shape index (κ2) is 6.14. The van der Waals surface area contributed by atoms with Crippen LogP contribution in [0.15, 0.2) is 4.99 Å². The van der Waals surface area contributed by atoms with Gasteiger partial charge in [-0.1, -0.05) is 13.8 Å². The van der Waals surface area contributed by atoms with Gasteiger partial charge < -0.3 is 4.74 Å². The van der Waals surface area contributed by atoms with Gasteiger partial charge in [0.25, 0.3) is 0 Å². The lowest BCUT2D eigenvalue weighted by molar-refractivity contribution is 0.0181. The van der Waals surface area contributed by atoms with Crippen LogP contribution in [-0.4, -0.2) is 24.5 Å². The molecule has 0 aliphatic rings. The summed E-state index contributed by atoms with van der Waals surface area (Å²) in [6, 6.07) is 0. The zero-order chi connectivity index (χ0) is 10.3. The smallest absolute Gasteiger partial charge is 0.102 e. The first-order valence-corrected chi connectivity index (χ1v) is 5.26. The van der Waals surface area contributed by atoms with E-state index in [0.717, 1.165) is 31.7 Å². The Bertz CT molecular complexity index is 165. The van der Waals surface area contributed by atoms with E-state index in [4.69, 9.17) is 4.74 Å². The molecular weight excluding hydrogens is 162 g/mol. The molecule has 0 aromatic carbocycles. The molecular formula is C11H23NO. The topological polar surface area (TPSA) is 21.6 Å². The van der Waals surface area contributed by atoms with Gasteiger partial charge in [0.2, 0.25) is 0 Å². The Balaban J connectivity index is 4.33. The van der Waals surface area contributed by atoms with E-state index in [1.807, 2.05) is 0 Å². The van der Waals surface area contributed by atoms with E-state index in [9.17, 15) is 0 Å². The lowest BCUT2D eigenvalue weighted by Crippen LogP contribution is -2.36. The van der Waals surface area contributed by atoms with E-state index >= 15 is 0 Å². The molecule has 1 atom stereocenters. The molecule has 78 valence electrons. The Morgan fingerprint density at radius 1 is 1.31 bits per heavy atom. The summed E-state index contributed by atoms with van der Waals surface area (Å²) in [4.78, 5) is 4.41. The fraction of sp³-hybridized carbons (Fsp3) is 0.909. The third-order valence-electron chi connectivity index (χ3n) is 2.46. The number of hydrogen-bond donors (Lipinski definition) is 0. The maximum atomic E-state index is 5.81. The van der Waals surface area contributed by atoms with Crippen LogP contribution in [0.3, 0.4) is 0 Å². The average molecular weight is 185 g/mol. The molecule has 0 aliphatic carbocycles. The highest BCUT2D eigenvalue weighted by Crippen LogP contribution is 2.17. The van der Waals surface area contributed by atoms with Gasteiger partial charge in [0.15, 0.2) is 0 Å². The molecule has 0 rings (SSSR count). The van der Waals surface area contributed by atoms with Gasteiger partial charge in [-0.25, -0.2) is 0 Å². The van der Waals surface area contributed by atoms with E-state index in [1.54, 1.807) is 0 Å². The Morgan fingerprint density at radius 3 is 2.31 bits per heavy atom. The Kier molecular flexibility index (Phi) is 5.97.